The molecule has 1 aromatic carbocycles. The molecule has 0 bridgehead atoms. The van der Waals surface area contributed by atoms with Crippen LogP contribution in [-0.2, 0) is 20.5 Å². The number of benzene rings is 1. The van der Waals surface area contributed by atoms with Crippen molar-refractivity contribution >= 4 is 10.1 Å². The van der Waals surface area contributed by atoms with Gasteiger partial charge in [0.05, 0.1) is 17.9 Å². The Kier molecular flexibility index (Phi) is 4.02. The third kappa shape index (κ3) is 3.95. The van der Waals surface area contributed by atoms with Crippen LogP contribution in [0.2, 0.25) is 0 Å². The third-order valence-corrected chi connectivity index (χ3v) is 2.72. The topological polar surface area (TPSA) is 43.4 Å². The summed E-state index contributed by atoms with van der Waals surface area (Å²) in [6, 6.07) is 1.97. The highest BCUT2D eigenvalue weighted by molar-refractivity contribution is 7.86. The van der Waals surface area contributed by atoms with Gasteiger partial charge in [0.2, 0.25) is 0 Å². The van der Waals surface area contributed by atoms with E-state index in [1.165, 1.54) is 0 Å². The first kappa shape index (κ1) is 14.9. The lowest BCUT2D eigenvalue weighted by Gasteiger charge is -2.17. The fraction of sp³-hybridized carbons (Fsp3) is 0.400. The highest BCUT2D eigenvalue weighted by Crippen LogP contribution is 2.36. The minimum absolute atomic E-state index is 0.303. The Labute approximate surface area is 102 Å². The minimum atomic E-state index is -4.79. The van der Waals surface area contributed by atoms with Crippen LogP contribution in [0.3, 0.4) is 0 Å². The second kappa shape index (κ2) is 4.85. The Bertz CT molecular complexity index is 537. The lowest BCUT2D eigenvalue weighted by atomic mass is 10.0. The molecule has 0 radical (unpaired) electrons. The van der Waals surface area contributed by atoms with Gasteiger partial charge >= 0.3 is 6.18 Å². The van der Waals surface area contributed by atoms with E-state index in [0.29, 0.717) is 6.07 Å². The summed E-state index contributed by atoms with van der Waals surface area (Å²) in [5, 5.41) is 0. The van der Waals surface area contributed by atoms with Crippen LogP contribution < -0.4 is 0 Å². The summed E-state index contributed by atoms with van der Waals surface area (Å²) in [6.45, 7) is 1.14. The van der Waals surface area contributed by atoms with Gasteiger partial charge in [-0.05, 0) is 24.6 Å². The van der Waals surface area contributed by atoms with Crippen LogP contribution in [0.15, 0.2) is 18.2 Å². The molecule has 1 rings (SSSR count). The van der Waals surface area contributed by atoms with Crippen LogP contribution >= 0.6 is 0 Å². The van der Waals surface area contributed by atoms with E-state index < -0.39 is 39.3 Å². The standard InChI is InChI=1S/C10H10F4O3S/c1-6(17-18(2,15)16)8-4-3-7(11)5-9(8)10(12,13)14/h3-6H,1-2H3. The Morgan fingerprint density at radius 3 is 2.28 bits per heavy atom. The molecular weight excluding hydrogens is 276 g/mol. The number of hydrogen-bond acceptors (Lipinski definition) is 3. The lowest BCUT2D eigenvalue weighted by Crippen LogP contribution is -2.15. The smallest absolute Gasteiger partial charge is 0.262 e. The van der Waals surface area contributed by atoms with E-state index in [-0.39, 0.29) is 0 Å². The van der Waals surface area contributed by atoms with E-state index in [4.69, 9.17) is 0 Å². The molecule has 0 heterocycles. The SMILES string of the molecule is CC(OS(C)(=O)=O)c1ccc(F)cc1C(F)(F)F. The highest BCUT2D eigenvalue weighted by atomic mass is 32.2. The summed E-state index contributed by atoms with van der Waals surface area (Å²) in [5.74, 6) is -1.06. The van der Waals surface area contributed by atoms with E-state index >= 15 is 0 Å². The molecule has 0 saturated heterocycles. The average molecular weight is 286 g/mol. The van der Waals surface area contributed by atoms with Gasteiger partial charge in [-0.15, -0.1) is 0 Å². The van der Waals surface area contributed by atoms with Crippen molar-refractivity contribution < 1.29 is 30.2 Å². The van der Waals surface area contributed by atoms with Gasteiger partial charge in [0.1, 0.15) is 5.82 Å². The number of hydrogen-bond donors (Lipinski definition) is 0. The first-order valence-electron chi connectivity index (χ1n) is 4.75. The molecule has 0 spiro atoms. The molecule has 0 amide bonds. The van der Waals surface area contributed by atoms with Gasteiger partial charge in [-0.2, -0.15) is 21.6 Å². The zero-order valence-corrected chi connectivity index (χ0v) is 10.3. The van der Waals surface area contributed by atoms with E-state index in [1.54, 1.807) is 0 Å². The molecule has 3 nitrogen and oxygen atoms in total. The molecule has 0 N–H and O–H groups in total. The lowest BCUT2D eigenvalue weighted by molar-refractivity contribution is -0.139. The fourth-order valence-corrected chi connectivity index (χ4v) is 2.07. The normalized spacial score (nSPS) is 14.6. The maximum Gasteiger partial charge on any atom is 0.416 e. The van der Waals surface area contributed by atoms with Crippen LogP contribution in [0.5, 0.6) is 0 Å². The summed E-state index contributed by atoms with van der Waals surface area (Å²) in [5.41, 5.74) is -1.69. The van der Waals surface area contributed by atoms with Crippen molar-refractivity contribution in [1.29, 1.82) is 0 Å². The van der Waals surface area contributed by atoms with E-state index in [0.717, 1.165) is 25.3 Å². The highest BCUT2D eigenvalue weighted by Gasteiger charge is 2.35. The van der Waals surface area contributed by atoms with Crippen LogP contribution in [0.4, 0.5) is 17.6 Å². The van der Waals surface area contributed by atoms with E-state index in [2.05, 4.69) is 4.18 Å². The molecule has 1 aromatic rings. The number of rotatable bonds is 3. The molecule has 0 aliphatic heterocycles. The largest absolute Gasteiger partial charge is 0.416 e. The van der Waals surface area contributed by atoms with Crippen molar-refractivity contribution in [2.24, 2.45) is 0 Å². The molecule has 0 aliphatic carbocycles. The summed E-state index contributed by atoms with van der Waals surface area (Å²) < 4.78 is 76.9. The van der Waals surface area contributed by atoms with Crippen molar-refractivity contribution in [3.05, 3.63) is 35.1 Å². The van der Waals surface area contributed by atoms with Crippen molar-refractivity contribution in [3.8, 4) is 0 Å². The minimum Gasteiger partial charge on any atom is -0.262 e. The summed E-state index contributed by atoms with van der Waals surface area (Å²) in [6.07, 6.45) is -5.41. The molecule has 0 saturated carbocycles. The second-order valence-electron chi connectivity index (χ2n) is 3.67. The van der Waals surface area contributed by atoms with Crippen LogP contribution in [0.25, 0.3) is 0 Å². The third-order valence-electron chi connectivity index (χ3n) is 2.08. The average Bonchev–Trinajstić information content (AvgIpc) is 2.13. The quantitative estimate of drug-likeness (QED) is 0.634. The monoisotopic (exact) mass is 286 g/mol. The zero-order chi connectivity index (χ0) is 14.1. The van der Waals surface area contributed by atoms with Crippen molar-refractivity contribution in [2.45, 2.75) is 19.2 Å². The summed E-state index contributed by atoms with van der Waals surface area (Å²) in [4.78, 5) is 0. The second-order valence-corrected chi connectivity index (χ2v) is 5.27. The predicted molar refractivity (Wildman–Crippen MR) is 55.7 cm³/mol. The fourth-order valence-electron chi connectivity index (χ4n) is 1.44. The van der Waals surface area contributed by atoms with Crippen molar-refractivity contribution in [1.82, 2.24) is 0 Å². The maximum atomic E-state index is 12.8. The number of alkyl halides is 3. The Morgan fingerprint density at radius 1 is 1.28 bits per heavy atom. The molecule has 0 aliphatic rings. The van der Waals surface area contributed by atoms with Gasteiger partial charge in [0, 0.05) is 0 Å². The summed E-state index contributed by atoms with van der Waals surface area (Å²) >= 11 is 0. The molecule has 0 aromatic heterocycles. The number of halogens is 4. The first-order chi connectivity index (χ1) is 8.00. The molecule has 1 unspecified atom stereocenters. The van der Waals surface area contributed by atoms with E-state index in [1.807, 2.05) is 0 Å². The molecular formula is C10H10F4O3S. The molecule has 1 atom stereocenters. The molecule has 102 valence electrons. The van der Waals surface area contributed by atoms with Crippen LogP contribution in [0.1, 0.15) is 24.2 Å². The van der Waals surface area contributed by atoms with Crippen LogP contribution in [0, 0.1) is 5.82 Å². The predicted octanol–water partition coefficient (Wildman–Crippen LogP) is 2.88. The Morgan fingerprint density at radius 2 is 1.83 bits per heavy atom. The van der Waals surface area contributed by atoms with Gasteiger partial charge in [0.15, 0.2) is 0 Å². The van der Waals surface area contributed by atoms with Crippen LogP contribution in [-0.4, -0.2) is 14.7 Å². The van der Waals surface area contributed by atoms with Gasteiger partial charge < -0.3 is 0 Å². The zero-order valence-electron chi connectivity index (χ0n) is 9.45. The van der Waals surface area contributed by atoms with Crippen molar-refractivity contribution in [2.75, 3.05) is 6.26 Å². The Balaban J connectivity index is 3.24. The van der Waals surface area contributed by atoms with E-state index in [9.17, 15) is 26.0 Å². The van der Waals surface area contributed by atoms with Crippen molar-refractivity contribution in [3.63, 3.8) is 0 Å². The first-order valence-corrected chi connectivity index (χ1v) is 6.57. The van der Waals surface area contributed by atoms with Gasteiger partial charge in [-0.3, -0.25) is 4.18 Å². The molecule has 0 fully saturated rings. The molecule has 8 heteroatoms. The van der Waals surface area contributed by atoms with Gasteiger partial charge in [0.25, 0.3) is 10.1 Å². The molecule has 18 heavy (non-hydrogen) atoms. The maximum absolute atomic E-state index is 12.8. The Hall–Kier alpha value is -1.15. The van der Waals surface area contributed by atoms with Gasteiger partial charge in [-0.1, -0.05) is 6.07 Å². The summed E-state index contributed by atoms with van der Waals surface area (Å²) in [7, 11) is -3.90. The van der Waals surface area contributed by atoms with Gasteiger partial charge in [-0.25, -0.2) is 4.39 Å².